The Hall–Kier alpha value is 0.300. The summed E-state index contributed by atoms with van der Waals surface area (Å²) in [6.45, 7) is 2.07. The molecule has 94 valence electrons. The molecule has 0 unspecified atom stereocenters. The van der Waals surface area contributed by atoms with E-state index in [1.165, 1.54) is 29.9 Å². The van der Waals surface area contributed by atoms with Crippen LogP contribution in [0.15, 0.2) is 22.7 Å². The van der Waals surface area contributed by atoms with Crippen LogP contribution in [0.3, 0.4) is 0 Å². The lowest BCUT2D eigenvalue weighted by atomic mass is 10.0. The van der Waals surface area contributed by atoms with Crippen LogP contribution in [0, 0.1) is 5.92 Å². The Morgan fingerprint density at radius 2 is 2.12 bits per heavy atom. The van der Waals surface area contributed by atoms with Gasteiger partial charge in [-0.25, -0.2) is 0 Å². The van der Waals surface area contributed by atoms with Crippen LogP contribution >= 0.6 is 39.3 Å². The third kappa shape index (κ3) is 4.47. The summed E-state index contributed by atoms with van der Waals surface area (Å²) in [5.41, 5.74) is 1.28. The highest BCUT2D eigenvalue weighted by molar-refractivity contribution is 9.10. The van der Waals surface area contributed by atoms with E-state index in [0.717, 1.165) is 28.5 Å². The zero-order valence-electron chi connectivity index (χ0n) is 9.72. The van der Waals surface area contributed by atoms with Crippen LogP contribution in [-0.2, 0) is 6.54 Å². The molecule has 0 atom stereocenters. The molecule has 0 radical (unpaired) electrons. The quantitative estimate of drug-likeness (QED) is 0.879. The molecule has 1 aliphatic heterocycles. The van der Waals surface area contributed by atoms with E-state index in [2.05, 4.69) is 45.1 Å². The predicted octanol–water partition coefficient (Wildman–Crippen LogP) is 4.34. The maximum atomic E-state index is 5.97. The number of thioether (sulfide) groups is 1. The normalized spacial score (nSPS) is 17.3. The largest absolute Gasteiger partial charge is 0.312 e. The van der Waals surface area contributed by atoms with Gasteiger partial charge < -0.3 is 5.32 Å². The summed E-state index contributed by atoms with van der Waals surface area (Å²) >= 11 is 11.5. The van der Waals surface area contributed by atoms with Gasteiger partial charge in [0, 0.05) is 11.0 Å². The summed E-state index contributed by atoms with van der Waals surface area (Å²) < 4.78 is 0.979. The van der Waals surface area contributed by atoms with Crippen LogP contribution in [-0.4, -0.2) is 18.1 Å². The lowest BCUT2D eigenvalue weighted by Crippen LogP contribution is -2.25. The molecule has 0 spiro atoms. The second-order valence-electron chi connectivity index (χ2n) is 4.44. The van der Waals surface area contributed by atoms with Crippen LogP contribution in [0.4, 0.5) is 0 Å². The number of benzene rings is 1. The summed E-state index contributed by atoms with van der Waals surface area (Å²) in [5.74, 6) is 3.53. The summed E-state index contributed by atoms with van der Waals surface area (Å²) in [7, 11) is 0. The van der Waals surface area contributed by atoms with Gasteiger partial charge in [-0.1, -0.05) is 17.7 Å². The summed E-state index contributed by atoms with van der Waals surface area (Å²) in [4.78, 5) is 0. The van der Waals surface area contributed by atoms with Gasteiger partial charge in [0.2, 0.25) is 0 Å². The van der Waals surface area contributed by atoms with Crippen molar-refractivity contribution in [2.75, 3.05) is 18.1 Å². The smallest absolute Gasteiger partial charge is 0.0548 e. The second kappa shape index (κ2) is 7.03. The van der Waals surface area contributed by atoms with Gasteiger partial charge in [0.05, 0.1) is 5.02 Å². The van der Waals surface area contributed by atoms with Gasteiger partial charge in [-0.05, 0) is 70.4 Å². The average molecular weight is 335 g/mol. The maximum absolute atomic E-state index is 5.97. The molecule has 0 saturated carbocycles. The second-order valence-corrected chi connectivity index (χ2v) is 6.92. The van der Waals surface area contributed by atoms with Crippen molar-refractivity contribution in [2.24, 2.45) is 5.92 Å². The van der Waals surface area contributed by atoms with E-state index in [4.69, 9.17) is 11.6 Å². The Balaban J connectivity index is 1.75. The van der Waals surface area contributed by atoms with Crippen molar-refractivity contribution in [1.82, 2.24) is 5.32 Å². The van der Waals surface area contributed by atoms with E-state index in [-0.39, 0.29) is 0 Å². The fourth-order valence-corrected chi connectivity index (χ4v) is 3.77. The SMILES string of the molecule is Clc1ccc(CNCC2CCSCC2)cc1Br. The van der Waals surface area contributed by atoms with Crippen molar-refractivity contribution >= 4 is 39.3 Å². The molecule has 1 nitrogen and oxygen atoms in total. The first-order chi connectivity index (χ1) is 8.25. The highest BCUT2D eigenvalue weighted by Gasteiger charge is 2.12. The minimum absolute atomic E-state index is 0.776. The number of hydrogen-bond donors (Lipinski definition) is 1. The predicted molar refractivity (Wildman–Crippen MR) is 80.9 cm³/mol. The van der Waals surface area contributed by atoms with Crippen molar-refractivity contribution in [2.45, 2.75) is 19.4 Å². The fourth-order valence-electron chi connectivity index (χ4n) is 2.02. The molecule has 4 heteroatoms. The topological polar surface area (TPSA) is 12.0 Å². The molecular weight excluding hydrogens is 318 g/mol. The molecule has 1 fully saturated rings. The Labute approximate surface area is 121 Å². The highest BCUT2D eigenvalue weighted by Crippen LogP contribution is 2.24. The lowest BCUT2D eigenvalue weighted by Gasteiger charge is -2.21. The Kier molecular flexibility index (Phi) is 5.67. The number of halogens is 2. The summed E-state index contributed by atoms with van der Waals surface area (Å²) in [5, 5.41) is 4.32. The molecule has 0 bridgehead atoms. The van der Waals surface area contributed by atoms with Crippen molar-refractivity contribution in [3.63, 3.8) is 0 Å². The standard InChI is InChI=1S/C13H17BrClNS/c14-12-7-11(1-2-13(12)15)9-16-8-10-3-5-17-6-4-10/h1-2,7,10,16H,3-6,8-9H2. The third-order valence-corrected chi connectivity index (χ3v) is 5.35. The van der Waals surface area contributed by atoms with E-state index < -0.39 is 0 Å². The van der Waals surface area contributed by atoms with E-state index >= 15 is 0 Å². The van der Waals surface area contributed by atoms with Crippen LogP contribution in [0.5, 0.6) is 0 Å². The Morgan fingerprint density at radius 3 is 2.82 bits per heavy atom. The van der Waals surface area contributed by atoms with Gasteiger partial charge >= 0.3 is 0 Å². The molecule has 1 aromatic carbocycles. The number of rotatable bonds is 4. The number of hydrogen-bond acceptors (Lipinski definition) is 2. The van der Waals surface area contributed by atoms with E-state index in [0.29, 0.717) is 0 Å². The van der Waals surface area contributed by atoms with Crippen molar-refractivity contribution in [3.05, 3.63) is 33.3 Å². The van der Waals surface area contributed by atoms with E-state index in [9.17, 15) is 0 Å². The van der Waals surface area contributed by atoms with Crippen molar-refractivity contribution in [3.8, 4) is 0 Å². The van der Waals surface area contributed by atoms with Gasteiger partial charge in [-0.3, -0.25) is 0 Å². The Morgan fingerprint density at radius 1 is 1.35 bits per heavy atom. The Bertz CT molecular complexity index is 366. The number of nitrogens with one attached hydrogen (secondary N) is 1. The molecule has 0 aliphatic carbocycles. The van der Waals surface area contributed by atoms with Crippen LogP contribution < -0.4 is 5.32 Å². The van der Waals surface area contributed by atoms with Gasteiger partial charge in [-0.15, -0.1) is 0 Å². The molecular formula is C13H17BrClNS. The van der Waals surface area contributed by atoms with E-state index in [1.807, 2.05) is 6.07 Å². The molecule has 0 amide bonds. The molecule has 2 rings (SSSR count). The van der Waals surface area contributed by atoms with Gasteiger partial charge in [0.25, 0.3) is 0 Å². The first-order valence-electron chi connectivity index (χ1n) is 5.98. The minimum atomic E-state index is 0.776. The highest BCUT2D eigenvalue weighted by atomic mass is 79.9. The summed E-state index contributed by atoms with van der Waals surface area (Å²) in [6.07, 6.45) is 2.73. The zero-order valence-corrected chi connectivity index (χ0v) is 12.9. The van der Waals surface area contributed by atoms with Gasteiger partial charge in [-0.2, -0.15) is 11.8 Å². The first-order valence-corrected chi connectivity index (χ1v) is 8.30. The third-order valence-electron chi connectivity index (χ3n) is 3.09. The van der Waals surface area contributed by atoms with Crippen molar-refractivity contribution < 1.29 is 0 Å². The lowest BCUT2D eigenvalue weighted by molar-refractivity contribution is 0.447. The zero-order chi connectivity index (χ0) is 12.1. The average Bonchev–Trinajstić information content (AvgIpc) is 2.35. The minimum Gasteiger partial charge on any atom is -0.312 e. The fraction of sp³-hybridized carbons (Fsp3) is 0.538. The molecule has 1 saturated heterocycles. The van der Waals surface area contributed by atoms with Gasteiger partial charge in [0.15, 0.2) is 0 Å². The molecule has 1 heterocycles. The van der Waals surface area contributed by atoms with Crippen LogP contribution in [0.2, 0.25) is 5.02 Å². The summed E-state index contributed by atoms with van der Waals surface area (Å²) in [6, 6.07) is 6.11. The molecule has 1 aromatic rings. The molecule has 17 heavy (non-hydrogen) atoms. The molecule has 1 aliphatic rings. The van der Waals surface area contributed by atoms with Gasteiger partial charge in [0.1, 0.15) is 0 Å². The van der Waals surface area contributed by atoms with Crippen LogP contribution in [0.25, 0.3) is 0 Å². The molecule has 0 aromatic heterocycles. The molecule has 1 N–H and O–H groups in total. The maximum Gasteiger partial charge on any atom is 0.0548 e. The monoisotopic (exact) mass is 333 g/mol. The van der Waals surface area contributed by atoms with E-state index in [1.54, 1.807) is 0 Å². The van der Waals surface area contributed by atoms with Crippen LogP contribution in [0.1, 0.15) is 18.4 Å². The first kappa shape index (κ1) is 13.7. The van der Waals surface area contributed by atoms with Crippen molar-refractivity contribution in [1.29, 1.82) is 0 Å².